The smallest absolute Gasteiger partial charge is 0.228 e. The third-order valence-corrected chi connectivity index (χ3v) is 5.39. The summed E-state index contributed by atoms with van der Waals surface area (Å²) in [5, 5.41) is 6.57. The molecule has 2 aliphatic rings. The van der Waals surface area contributed by atoms with Crippen LogP contribution in [0.4, 0.5) is 5.69 Å². The predicted molar refractivity (Wildman–Crippen MR) is 96.2 cm³/mol. The van der Waals surface area contributed by atoms with E-state index in [4.69, 9.17) is 11.6 Å². The van der Waals surface area contributed by atoms with Crippen molar-refractivity contribution in [3.63, 3.8) is 0 Å². The van der Waals surface area contributed by atoms with Crippen molar-refractivity contribution in [3.8, 4) is 0 Å². The van der Waals surface area contributed by atoms with Gasteiger partial charge in [-0.1, -0.05) is 36.9 Å². The summed E-state index contributed by atoms with van der Waals surface area (Å²) in [6, 6.07) is 4.12. The van der Waals surface area contributed by atoms with Crippen molar-refractivity contribution in [3.05, 3.63) is 28.3 Å². The summed E-state index contributed by atoms with van der Waals surface area (Å²) >= 11 is 6.24. The molecule has 0 radical (unpaired) electrons. The van der Waals surface area contributed by atoms with Gasteiger partial charge in [0.1, 0.15) is 0 Å². The molecule has 3 rings (SSSR count). The lowest BCUT2D eigenvalue weighted by Crippen LogP contribution is -2.37. The molecule has 2 saturated carbocycles. The maximum absolute atomic E-state index is 12.4. The van der Waals surface area contributed by atoms with E-state index in [-0.39, 0.29) is 23.7 Å². The lowest BCUT2D eigenvalue weighted by Gasteiger charge is -2.22. The first-order valence-corrected chi connectivity index (χ1v) is 9.21. The minimum atomic E-state index is -0.231. The van der Waals surface area contributed by atoms with Gasteiger partial charge in [0, 0.05) is 6.04 Å². The zero-order valence-electron chi connectivity index (χ0n) is 14.3. The van der Waals surface area contributed by atoms with Crippen LogP contribution in [-0.2, 0) is 9.59 Å². The Hall–Kier alpha value is -1.55. The van der Waals surface area contributed by atoms with Gasteiger partial charge in [-0.25, -0.2) is 0 Å². The van der Waals surface area contributed by atoms with Gasteiger partial charge in [0.15, 0.2) is 0 Å². The molecule has 0 aromatic heterocycles. The van der Waals surface area contributed by atoms with Crippen LogP contribution in [0.15, 0.2) is 12.1 Å². The van der Waals surface area contributed by atoms with Gasteiger partial charge in [-0.2, -0.15) is 0 Å². The Kier molecular flexibility index (Phi) is 5.14. The number of hydrogen-bond acceptors (Lipinski definition) is 2. The third-order valence-electron chi connectivity index (χ3n) is 5.10. The van der Waals surface area contributed by atoms with Crippen molar-refractivity contribution in [1.82, 2.24) is 5.32 Å². The Bertz CT molecular complexity index is 630. The SMILES string of the molecule is Cc1cc(C)c(NC(=O)C2CC2C(=O)NC2CCCCC2)c(Cl)c1. The van der Waals surface area contributed by atoms with E-state index >= 15 is 0 Å². The van der Waals surface area contributed by atoms with E-state index in [9.17, 15) is 9.59 Å². The number of rotatable bonds is 4. The highest BCUT2D eigenvalue weighted by Crippen LogP contribution is 2.40. The summed E-state index contributed by atoms with van der Waals surface area (Å²) in [4.78, 5) is 24.7. The number of halogens is 1. The average molecular weight is 349 g/mol. The Morgan fingerprint density at radius 2 is 1.71 bits per heavy atom. The van der Waals surface area contributed by atoms with Gasteiger partial charge < -0.3 is 10.6 Å². The van der Waals surface area contributed by atoms with Crippen molar-refractivity contribution in [1.29, 1.82) is 0 Å². The molecule has 2 amide bonds. The van der Waals surface area contributed by atoms with Gasteiger partial charge in [0.2, 0.25) is 11.8 Å². The van der Waals surface area contributed by atoms with E-state index in [1.807, 2.05) is 26.0 Å². The minimum Gasteiger partial charge on any atom is -0.353 e. The molecule has 1 aromatic rings. The quantitative estimate of drug-likeness (QED) is 0.864. The molecule has 24 heavy (non-hydrogen) atoms. The maximum atomic E-state index is 12.4. The number of benzene rings is 1. The summed E-state index contributed by atoms with van der Waals surface area (Å²) in [6.07, 6.45) is 6.39. The molecule has 1 aromatic carbocycles. The second-order valence-corrected chi connectivity index (χ2v) is 7.63. The first-order valence-electron chi connectivity index (χ1n) is 8.83. The van der Waals surface area contributed by atoms with Gasteiger partial charge in [0.25, 0.3) is 0 Å². The van der Waals surface area contributed by atoms with Crippen LogP contribution in [0.1, 0.15) is 49.7 Å². The average Bonchev–Trinajstić information content (AvgIpc) is 3.32. The second-order valence-electron chi connectivity index (χ2n) is 7.22. The van der Waals surface area contributed by atoms with E-state index in [0.717, 1.165) is 24.0 Å². The van der Waals surface area contributed by atoms with Crippen molar-refractivity contribution >= 4 is 29.1 Å². The standard InChI is InChI=1S/C19H25ClN2O2/c1-11-8-12(2)17(16(20)9-11)22-19(24)15-10-14(15)18(23)21-13-6-4-3-5-7-13/h8-9,13-15H,3-7,10H2,1-2H3,(H,21,23)(H,22,24). The van der Waals surface area contributed by atoms with Gasteiger partial charge >= 0.3 is 0 Å². The zero-order valence-corrected chi connectivity index (χ0v) is 15.1. The van der Waals surface area contributed by atoms with Crippen LogP contribution in [0.2, 0.25) is 5.02 Å². The molecule has 2 atom stereocenters. The monoisotopic (exact) mass is 348 g/mol. The Balaban J connectivity index is 1.55. The summed E-state index contributed by atoms with van der Waals surface area (Å²) in [5.74, 6) is -0.483. The van der Waals surface area contributed by atoms with Crippen LogP contribution >= 0.6 is 11.6 Å². The first-order chi connectivity index (χ1) is 11.5. The highest BCUT2D eigenvalue weighted by atomic mass is 35.5. The van der Waals surface area contributed by atoms with E-state index in [0.29, 0.717) is 23.2 Å². The van der Waals surface area contributed by atoms with Gasteiger partial charge in [-0.05, 0) is 50.3 Å². The molecule has 0 saturated heterocycles. The molecule has 2 fully saturated rings. The van der Waals surface area contributed by atoms with E-state index in [2.05, 4.69) is 10.6 Å². The summed E-state index contributed by atoms with van der Waals surface area (Å²) in [5.41, 5.74) is 2.66. The molecule has 4 nitrogen and oxygen atoms in total. The normalized spacial score (nSPS) is 23.6. The highest BCUT2D eigenvalue weighted by molar-refractivity contribution is 6.34. The van der Waals surface area contributed by atoms with E-state index in [1.165, 1.54) is 19.3 Å². The summed E-state index contributed by atoms with van der Waals surface area (Å²) in [6.45, 7) is 3.89. The van der Waals surface area contributed by atoms with Crippen molar-refractivity contribution in [2.75, 3.05) is 5.32 Å². The Labute approximate surface area is 148 Å². The van der Waals surface area contributed by atoms with Crippen LogP contribution in [0.25, 0.3) is 0 Å². The summed E-state index contributed by atoms with van der Waals surface area (Å²) in [7, 11) is 0. The lowest BCUT2D eigenvalue weighted by molar-refractivity contribution is -0.126. The molecule has 0 heterocycles. The van der Waals surface area contributed by atoms with Crippen LogP contribution in [0.3, 0.4) is 0 Å². The molecule has 0 spiro atoms. The maximum Gasteiger partial charge on any atom is 0.228 e. The van der Waals surface area contributed by atoms with E-state index < -0.39 is 0 Å². The van der Waals surface area contributed by atoms with Crippen molar-refractivity contribution in [2.24, 2.45) is 11.8 Å². The predicted octanol–water partition coefficient (Wildman–Crippen LogP) is 3.98. The number of aryl methyl sites for hydroxylation is 2. The highest BCUT2D eigenvalue weighted by Gasteiger charge is 2.48. The lowest BCUT2D eigenvalue weighted by atomic mass is 9.95. The number of carbonyl (C=O) groups is 2. The van der Waals surface area contributed by atoms with Gasteiger partial charge in [0.05, 0.1) is 22.5 Å². The molecule has 0 bridgehead atoms. The molecule has 2 N–H and O–H groups in total. The molecular weight excluding hydrogens is 324 g/mol. The fraction of sp³-hybridized carbons (Fsp3) is 0.579. The van der Waals surface area contributed by atoms with Crippen molar-refractivity contribution in [2.45, 2.75) is 58.4 Å². The van der Waals surface area contributed by atoms with Crippen LogP contribution in [-0.4, -0.2) is 17.9 Å². The Morgan fingerprint density at radius 3 is 2.38 bits per heavy atom. The number of anilines is 1. The number of nitrogens with one attached hydrogen (secondary N) is 2. The third kappa shape index (κ3) is 3.92. The number of amides is 2. The Morgan fingerprint density at radius 1 is 1.04 bits per heavy atom. The molecule has 0 aliphatic heterocycles. The topological polar surface area (TPSA) is 58.2 Å². The fourth-order valence-corrected chi connectivity index (χ4v) is 3.99. The van der Waals surface area contributed by atoms with Crippen LogP contribution < -0.4 is 10.6 Å². The fourth-order valence-electron chi connectivity index (χ4n) is 3.62. The number of carbonyl (C=O) groups excluding carboxylic acids is 2. The largest absolute Gasteiger partial charge is 0.353 e. The number of hydrogen-bond donors (Lipinski definition) is 2. The molecule has 130 valence electrons. The zero-order chi connectivity index (χ0) is 17.3. The second kappa shape index (κ2) is 7.14. The molecule has 2 aliphatic carbocycles. The molecule has 2 unspecified atom stereocenters. The van der Waals surface area contributed by atoms with Gasteiger partial charge in [-0.3, -0.25) is 9.59 Å². The molecule has 5 heteroatoms. The van der Waals surface area contributed by atoms with Crippen LogP contribution in [0, 0.1) is 25.7 Å². The first kappa shape index (κ1) is 17.3. The van der Waals surface area contributed by atoms with Gasteiger partial charge in [-0.15, -0.1) is 0 Å². The minimum absolute atomic E-state index is 0.0359. The van der Waals surface area contributed by atoms with E-state index in [1.54, 1.807) is 0 Å². The molecular formula is C19H25ClN2O2. The van der Waals surface area contributed by atoms with Crippen molar-refractivity contribution < 1.29 is 9.59 Å². The summed E-state index contributed by atoms with van der Waals surface area (Å²) < 4.78 is 0. The van der Waals surface area contributed by atoms with Crippen LogP contribution in [0.5, 0.6) is 0 Å².